The van der Waals surface area contributed by atoms with Crippen molar-refractivity contribution in [2.24, 2.45) is 11.8 Å². The second-order valence-electron chi connectivity index (χ2n) is 5.62. The molecule has 1 atom stereocenters. The van der Waals surface area contributed by atoms with Gasteiger partial charge in [0.2, 0.25) is 15.9 Å². The summed E-state index contributed by atoms with van der Waals surface area (Å²) in [4.78, 5) is 12.1. The summed E-state index contributed by atoms with van der Waals surface area (Å²) >= 11 is 0. The van der Waals surface area contributed by atoms with Crippen molar-refractivity contribution in [2.75, 3.05) is 18.8 Å². The van der Waals surface area contributed by atoms with Crippen molar-refractivity contribution in [2.45, 2.75) is 46.6 Å². The maximum absolute atomic E-state index is 12.1. The first kappa shape index (κ1) is 16.4. The van der Waals surface area contributed by atoms with Gasteiger partial charge in [-0.15, -0.1) is 0 Å². The average molecular weight is 290 g/mol. The molecule has 0 aromatic carbocycles. The van der Waals surface area contributed by atoms with Crippen LogP contribution in [0.25, 0.3) is 0 Å². The van der Waals surface area contributed by atoms with Crippen molar-refractivity contribution in [1.82, 2.24) is 9.62 Å². The molecule has 19 heavy (non-hydrogen) atoms. The normalized spacial score (nSPS) is 20.5. The molecule has 1 saturated heterocycles. The molecule has 0 radical (unpaired) electrons. The zero-order chi connectivity index (χ0) is 14.6. The lowest BCUT2D eigenvalue weighted by molar-refractivity contribution is -0.127. The van der Waals surface area contributed by atoms with Crippen LogP contribution in [0.5, 0.6) is 0 Å². The molecular weight excluding hydrogens is 264 g/mol. The van der Waals surface area contributed by atoms with Gasteiger partial charge in [0.25, 0.3) is 0 Å². The molecule has 0 bridgehead atoms. The molecular formula is C13H26N2O3S. The van der Waals surface area contributed by atoms with Crippen LogP contribution < -0.4 is 5.32 Å². The predicted molar refractivity (Wildman–Crippen MR) is 76.2 cm³/mol. The van der Waals surface area contributed by atoms with Gasteiger partial charge in [0.05, 0.1) is 5.75 Å². The van der Waals surface area contributed by atoms with Crippen LogP contribution in [0.15, 0.2) is 0 Å². The number of nitrogens with zero attached hydrogens (tertiary/aromatic N) is 1. The number of carbonyl (C=O) groups excluding carboxylic acids is 1. The molecule has 1 N–H and O–H groups in total. The number of piperidine rings is 1. The molecule has 0 unspecified atom stereocenters. The van der Waals surface area contributed by atoms with E-state index >= 15 is 0 Å². The number of hydrogen-bond donors (Lipinski definition) is 1. The van der Waals surface area contributed by atoms with Crippen LogP contribution >= 0.6 is 0 Å². The highest BCUT2D eigenvalue weighted by Crippen LogP contribution is 2.20. The topological polar surface area (TPSA) is 66.5 Å². The van der Waals surface area contributed by atoms with E-state index in [0.717, 1.165) is 0 Å². The van der Waals surface area contributed by atoms with E-state index in [9.17, 15) is 13.2 Å². The Hall–Kier alpha value is -0.620. The first-order valence-electron chi connectivity index (χ1n) is 7.06. The Labute approximate surface area is 116 Å². The Bertz CT molecular complexity index is 398. The van der Waals surface area contributed by atoms with E-state index in [1.807, 2.05) is 6.92 Å². The molecule has 5 nitrogen and oxygen atoms in total. The fourth-order valence-corrected chi connectivity index (χ4v) is 3.22. The molecule has 1 aliphatic rings. The minimum absolute atomic E-state index is 0.0514. The van der Waals surface area contributed by atoms with Crippen molar-refractivity contribution < 1.29 is 13.2 Å². The number of sulfonamides is 1. The summed E-state index contributed by atoms with van der Waals surface area (Å²) in [5.41, 5.74) is 0. The zero-order valence-corrected chi connectivity index (χ0v) is 13.2. The summed E-state index contributed by atoms with van der Waals surface area (Å²) in [5, 5.41) is 3.01. The molecule has 112 valence electrons. The van der Waals surface area contributed by atoms with Crippen LogP contribution in [0.2, 0.25) is 0 Å². The highest BCUT2D eigenvalue weighted by atomic mass is 32.2. The lowest BCUT2D eigenvalue weighted by atomic mass is 9.96. The second-order valence-corrected chi connectivity index (χ2v) is 7.87. The Balaban J connectivity index is 2.48. The lowest BCUT2D eigenvalue weighted by Gasteiger charge is -2.31. The molecule has 0 saturated carbocycles. The van der Waals surface area contributed by atoms with Crippen molar-refractivity contribution in [3.05, 3.63) is 0 Å². The summed E-state index contributed by atoms with van der Waals surface area (Å²) in [6, 6.07) is 0.157. The van der Waals surface area contributed by atoms with Gasteiger partial charge in [-0.25, -0.2) is 12.7 Å². The van der Waals surface area contributed by atoms with Crippen LogP contribution in [0, 0.1) is 11.8 Å². The number of carbonyl (C=O) groups is 1. The smallest absolute Gasteiger partial charge is 0.223 e. The Morgan fingerprint density at radius 3 is 2.21 bits per heavy atom. The predicted octanol–water partition coefficient (Wildman–Crippen LogP) is 1.21. The van der Waals surface area contributed by atoms with Crippen LogP contribution in [-0.2, 0) is 14.8 Å². The molecule has 0 aromatic rings. The van der Waals surface area contributed by atoms with Gasteiger partial charge in [0.1, 0.15) is 0 Å². The van der Waals surface area contributed by atoms with E-state index in [0.29, 0.717) is 31.8 Å². The van der Waals surface area contributed by atoms with Gasteiger partial charge in [-0.2, -0.15) is 0 Å². The monoisotopic (exact) mass is 290 g/mol. The first-order valence-corrected chi connectivity index (χ1v) is 8.67. The van der Waals surface area contributed by atoms with Gasteiger partial charge >= 0.3 is 0 Å². The van der Waals surface area contributed by atoms with Crippen LogP contribution in [-0.4, -0.2) is 43.5 Å². The molecule has 1 heterocycles. The molecule has 1 amide bonds. The second kappa shape index (κ2) is 6.70. The quantitative estimate of drug-likeness (QED) is 0.827. The third kappa shape index (κ3) is 4.45. The highest BCUT2D eigenvalue weighted by Gasteiger charge is 2.30. The largest absolute Gasteiger partial charge is 0.353 e. The molecule has 6 heteroatoms. The maximum atomic E-state index is 12.1. The summed E-state index contributed by atoms with van der Waals surface area (Å²) < 4.78 is 24.9. The summed E-state index contributed by atoms with van der Waals surface area (Å²) in [5.74, 6) is 0.553. The minimum Gasteiger partial charge on any atom is -0.353 e. The van der Waals surface area contributed by atoms with E-state index in [4.69, 9.17) is 0 Å². The van der Waals surface area contributed by atoms with Crippen LogP contribution in [0.4, 0.5) is 0 Å². The maximum Gasteiger partial charge on any atom is 0.223 e. The van der Waals surface area contributed by atoms with E-state index in [1.165, 1.54) is 4.31 Å². The Morgan fingerprint density at radius 1 is 1.26 bits per heavy atom. The summed E-state index contributed by atoms with van der Waals surface area (Å²) in [7, 11) is -3.11. The molecule has 0 aliphatic carbocycles. The Morgan fingerprint density at radius 2 is 1.79 bits per heavy atom. The minimum atomic E-state index is -3.11. The van der Waals surface area contributed by atoms with Gasteiger partial charge < -0.3 is 5.32 Å². The lowest BCUT2D eigenvalue weighted by Crippen LogP contribution is -2.46. The number of rotatable bonds is 5. The number of nitrogens with one attached hydrogen (secondary N) is 1. The molecule has 1 rings (SSSR count). The van der Waals surface area contributed by atoms with Gasteiger partial charge in [-0.3, -0.25) is 4.79 Å². The van der Waals surface area contributed by atoms with E-state index in [-0.39, 0.29) is 23.6 Å². The standard InChI is InChI=1S/C13H26N2O3S/c1-5-19(17,18)15-8-6-12(7-9-15)13(16)14-11(4)10(2)3/h10-12H,5-9H2,1-4H3,(H,14,16)/t11-/m1/s1. The van der Waals surface area contributed by atoms with E-state index < -0.39 is 10.0 Å². The van der Waals surface area contributed by atoms with Crippen LogP contribution in [0.1, 0.15) is 40.5 Å². The van der Waals surface area contributed by atoms with Crippen molar-refractivity contribution in [3.63, 3.8) is 0 Å². The third-order valence-electron chi connectivity index (χ3n) is 3.95. The van der Waals surface area contributed by atoms with E-state index in [2.05, 4.69) is 19.2 Å². The van der Waals surface area contributed by atoms with Crippen molar-refractivity contribution in [3.8, 4) is 0 Å². The highest BCUT2D eigenvalue weighted by molar-refractivity contribution is 7.89. The SMILES string of the molecule is CCS(=O)(=O)N1CCC(C(=O)N[C@H](C)C(C)C)CC1. The first-order chi connectivity index (χ1) is 8.77. The van der Waals surface area contributed by atoms with Crippen molar-refractivity contribution >= 4 is 15.9 Å². The molecule has 0 aromatic heterocycles. The number of amides is 1. The molecule has 1 fully saturated rings. The summed E-state index contributed by atoms with van der Waals surface area (Å²) in [6.45, 7) is 8.72. The van der Waals surface area contributed by atoms with Gasteiger partial charge in [0.15, 0.2) is 0 Å². The fraction of sp³-hybridized carbons (Fsp3) is 0.923. The number of hydrogen-bond acceptors (Lipinski definition) is 3. The van der Waals surface area contributed by atoms with Crippen molar-refractivity contribution in [1.29, 1.82) is 0 Å². The zero-order valence-electron chi connectivity index (χ0n) is 12.3. The average Bonchev–Trinajstić information content (AvgIpc) is 2.38. The third-order valence-corrected chi connectivity index (χ3v) is 5.83. The molecule has 1 aliphatic heterocycles. The van der Waals surface area contributed by atoms with E-state index in [1.54, 1.807) is 6.92 Å². The van der Waals surface area contributed by atoms with Crippen LogP contribution in [0.3, 0.4) is 0 Å². The Kier molecular flexibility index (Phi) is 5.80. The molecule has 0 spiro atoms. The fourth-order valence-electron chi connectivity index (χ4n) is 2.09. The van der Waals surface area contributed by atoms with Gasteiger partial charge in [-0.1, -0.05) is 13.8 Å². The van der Waals surface area contributed by atoms with Gasteiger partial charge in [-0.05, 0) is 32.6 Å². The summed E-state index contributed by atoms with van der Waals surface area (Å²) in [6.07, 6.45) is 1.24. The van der Waals surface area contributed by atoms with Gasteiger partial charge in [0, 0.05) is 25.0 Å².